The Labute approximate surface area is 213 Å². The van der Waals surface area contributed by atoms with Gasteiger partial charge in [0.15, 0.2) is 0 Å². The van der Waals surface area contributed by atoms with Crippen molar-refractivity contribution in [2.24, 2.45) is 11.3 Å². The lowest BCUT2D eigenvalue weighted by Gasteiger charge is -2.47. The predicted molar refractivity (Wildman–Crippen MR) is 140 cm³/mol. The summed E-state index contributed by atoms with van der Waals surface area (Å²) in [6, 6.07) is 13.5. The normalized spacial score (nSPS) is 18.3. The Morgan fingerprint density at radius 2 is 1.59 bits per heavy atom. The van der Waals surface area contributed by atoms with E-state index in [-0.39, 0.29) is 6.03 Å². The maximum Gasteiger partial charge on any atom is 0.321 e. The number of benzene rings is 2. The number of hydrogen-bond donors (Lipinski definition) is 1. The van der Waals surface area contributed by atoms with Crippen LogP contribution in [0.15, 0.2) is 42.5 Å². The summed E-state index contributed by atoms with van der Waals surface area (Å²) in [6.45, 7) is 9.71. The summed E-state index contributed by atoms with van der Waals surface area (Å²) in [4.78, 5) is 17.2. The fourth-order valence-electron chi connectivity index (χ4n) is 4.95. The zero-order valence-electron chi connectivity index (χ0n) is 20.2. The van der Waals surface area contributed by atoms with Crippen molar-refractivity contribution in [2.45, 2.75) is 46.1 Å². The van der Waals surface area contributed by atoms with Crippen molar-refractivity contribution in [3.63, 3.8) is 0 Å². The van der Waals surface area contributed by atoms with Gasteiger partial charge in [0, 0.05) is 25.2 Å². The van der Waals surface area contributed by atoms with Crippen LogP contribution in [0.25, 0.3) is 0 Å². The van der Waals surface area contributed by atoms with E-state index in [4.69, 9.17) is 27.9 Å². The number of carbonyl (C=O) groups excluding carboxylic acids is 1. The zero-order valence-corrected chi connectivity index (χ0v) is 21.7. The molecule has 0 aromatic heterocycles. The highest BCUT2D eigenvalue weighted by Crippen LogP contribution is 2.42. The molecule has 2 fully saturated rings. The summed E-state index contributed by atoms with van der Waals surface area (Å²) in [5, 5.41) is 3.81. The summed E-state index contributed by atoms with van der Waals surface area (Å²) in [5.41, 5.74) is 2.09. The number of hydrogen-bond acceptors (Lipinski definition) is 3. The van der Waals surface area contributed by atoms with Crippen LogP contribution in [0.4, 0.5) is 10.5 Å². The second kappa shape index (κ2) is 11.2. The van der Waals surface area contributed by atoms with E-state index in [1.54, 1.807) is 18.2 Å². The third-order valence-corrected chi connectivity index (χ3v) is 7.79. The number of ether oxygens (including phenoxy) is 1. The Morgan fingerprint density at radius 1 is 0.971 bits per heavy atom. The average molecular weight is 505 g/mol. The molecule has 7 heteroatoms. The van der Waals surface area contributed by atoms with Crippen LogP contribution in [0.2, 0.25) is 10.0 Å². The first-order valence-corrected chi connectivity index (χ1v) is 13.0. The van der Waals surface area contributed by atoms with Gasteiger partial charge in [-0.1, -0.05) is 61.3 Å². The Hall–Kier alpha value is -1.95. The van der Waals surface area contributed by atoms with E-state index in [2.05, 4.69) is 42.3 Å². The minimum Gasteiger partial charge on any atom is -0.493 e. The number of carbonyl (C=O) groups is 1. The molecule has 0 radical (unpaired) electrons. The number of nitrogens with zero attached hydrogens (tertiary/aromatic N) is 2. The number of nitrogens with one attached hydrogen (secondary N) is 1. The monoisotopic (exact) mass is 503 g/mol. The molecular weight excluding hydrogens is 469 g/mol. The van der Waals surface area contributed by atoms with Crippen LogP contribution < -0.4 is 10.1 Å². The molecule has 0 saturated carbocycles. The van der Waals surface area contributed by atoms with Gasteiger partial charge in [-0.25, -0.2) is 4.79 Å². The Balaban J connectivity index is 1.27. The zero-order chi connectivity index (χ0) is 24.1. The predicted octanol–water partition coefficient (Wildman–Crippen LogP) is 6.94. The fraction of sp³-hybridized carbons (Fsp3) is 0.519. The number of rotatable bonds is 6. The molecule has 2 aromatic carbocycles. The van der Waals surface area contributed by atoms with E-state index in [1.807, 2.05) is 11.0 Å². The van der Waals surface area contributed by atoms with Gasteiger partial charge in [0.05, 0.1) is 22.3 Å². The molecular formula is C27H35Cl2N3O2. The fourth-order valence-corrected chi connectivity index (χ4v) is 5.44. The molecule has 1 spiro atoms. The molecule has 2 aliphatic heterocycles. The highest BCUT2D eigenvalue weighted by Gasteiger charge is 2.38. The van der Waals surface area contributed by atoms with E-state index in [1.165, 1.54) is 18.4 Å². The van der Waals surface area contributed by atoms with Crippen molar-refractivity contribution in [3.8, 4) is 5.75 Å². The molecule has 0 atom stereocenters. The number of likely N-dealkylation sites (tertiary alicyclic amines) is 2. The van der Waals surface area contributed by atoms with Crippen LogP contribution in [0.1, 0.15) is 45.1 Å². The summed E-state index contributed by atoms with van der Waals surface area (Å²) in [7, 11) is 0. The molecule has 0 bridgehead atoms. The quantitative estimate of drug-likeness (QED) is 0.464. The second-order valence-corrected chi connectivity index (χ2v) is 10.9. The largest absolute Gasteiger partial charge is 0.493 e. The summed E-state index contributed by atoms with van der Waals surface area (Å²) in [6.07, 6.45) is 4.43. The first kappa shape index (κ1) is 25.2. The minimum absolute atomic E-state index is 0.125. The van der Waals surface area contributed by atoms with Crippen LogP contribution in [-0.2, 0) is 6.54 Å². The van der Waals surface area contributed by atoms with Gasteiger partial charge in [-0.2, -0.15) is 0 Å². The van der Waals surface area contributed by atoms with Crippen molar-refractivity contribution >= 4 is 34.9 Å². The number of halogens is 2. The molecule has 2 aromatic rings. The van der Waals surface area contributed by atoms with E-state index in [0.717, 1.165) is 57.9 Å². The van der Waals surface area contributed by atoms with Gasteiger partial charge in [-0.15, -0.1) is 0 Å². The Kier molecular flexibility index (Phi) is 8.28. The van der Waals surface area contributed by atoms with E-state index < -0.39 is 0 Å². The van der Waals surface area contributed by atoms with Crippen molar-refractivity contribution < 1.29 is 9.53 Å². The molecule has 1 N–H and O–H groups in total. The summed E-state index contributed by atoms with van der Waals surface area (Å²) < 4.78 is 6.05. The highest BCUT2D eigenvalue weighted by molar-refractivity contribution is 6.39. The molecule has 2 aliphatic rings. The summed E-state index contributed by atoms with van der Waals surface area (Å²) in [5.74, 6) is 1.52. The van der Waals surface area contributed by atoms with Crippen LogP contribution >= 0.6 is 23.2 Å². The first-order chi connectivity index (χ1) is 16.3. The average Bonchev–Trinajstić information content (AvgIpc) is 2.83. The molecule has 2 heterocycles. The first-order valence-electron chi connectivity index (χ1n) is 12.3. The number of anilines is 1. The molecule has 5 nitrogen and oxygen atoms in total. The van der Waals surface area contributed by atoms with Gasteiger partial charge in [-0.3, -0.25) is 4.90 Å². The minimum atomic E-state index is -0.125. The molecule has 4 rings (SSSR count). The molecule has 2 amide bonds. The molecule has 34 heavy (non-hydrogen) atoms. The Bertz CT molecular complexity index is 959. The van der Waals surface area contributed by atoms with Gasteiger partial charge in [0.1, 0.15) is 5.75 Å². The number of para-hydroxylation sites is 2. The second-order valence-electron chi connectivity index (χ2n) is 10.1. The van der Waals surface area contributed by atoms with Crippen molar-refractivity contribution in [1.29, 1.82) is 0 Å². The van der Waals surface area contributed by atoms with Gasteiger partial charge in [0.25, 0.3) is 0 Å². The van der Waals surface area contributed by atoms with Crippen LogP contribution in [0.5, 0.6) is 5.75 Å². The summed E-state index contributed by atoms with van der Waals surface area (Å²) >= 11 is 12.4. The Morgan fingerprint density at radius 3 is 2.24 bits per heavy atom. The standard InChI is InChI=1S/C27H35Cl2N3O2/c1-20(2)19-34-24-9-4-3-6-21(24)18-31-14-10-27(11-15-31)12-16-32(17-13-27)26(33)30-25-22(28)7-5-8-23(25)29/h3-9,20H,10-19H2,1-2H3,(H,30,33). The highest BCUT2D eigenvalue weighted by atomic mass is 35.5. The molecule has 0 aliphatic carbocycles. The van der Waals surface area contributed by atoms with E-state index in [9.17, 15) is 4.79 Å². The third-order valence-electron chi connectivity index (χ3n) is 7.16. The van der Waals surface area contributed by atoms with Gasteiger partial charge < -0.3 is 15.0 Å². The van der Waals surface area contributed by atoms with E-state index >= 15 is 0 Å². The van der Waals surface area contributed by atoms with Crippen molar-refractivity contribution in [2.75, 3.05) is 38.1 Å². The lowest BCUT2D eigenvalue weighted by molar-refractivity contribution is 0.0439. The van der Waals surface area contributed by atoms with Crippen LogP contribution in [0.3, 0.4) is 0 Å². The lowest BCUT2D eigenvalue weighted by atomic mass is 9.71. The van der Waals surface area contributed by atoms with Crippen LogP contribution in [0, 0.1) is 11.3 Å². The third kappa shape index (κ3) is 6.18. The van der Waals surface area contributed by atoms with E-state index in [0.29, 0.717) is 27.1 Å². The molecule has 2 saturated heterocycles. The van der Waals surface area contributed by atoms with Gasteiger partial charge >= 0.3 is 6.03 Å². The van der Waals surface area contributed by atoms with Crippen molar-refractivity contribution in [1.82, 2.24) is 9.80 Å². The molecule has 0 unspecified atom stereocenters. The number of amides is 2. The number of piperidine rings is 2. The topological polar surface area (TPSA) is 44.8 Å². The van der Waals surface area contributed by atoms with Gasteiger partial charge in [0.2, 0.25) is 0 Å². The maximum atomic E-state index is 12.8. The van der Waals surface area contributed by atoms with Crippen molar-refractivity contribution in [3.05, 3.63) is 58.1 Å². The van der Waals surface area contributed by atoms with Crippen LogP contribution in [-0.4, -0.2) is 48.6 Å². The molecule has 184 valence electrons. The maximum absolute atomic E-state index is 12.8. The SMILES string of the molecule is CC(C)COc1ccccc1CN1CCC2(CC1)CCN(C(=O)Nc1c(Cl)cccc1Cl)CC2. The van der Waals surface area contributed by atoms with Gasteiger partial charge in [-0.05, 0) is 68.3 Å². The smallest absolute Gasteiger partial charge is 0.321 e. The number of urea groups is 1. The lowest BCUT2D eigenvalue weighted by Crippen LogP contribution is -2.49.